The molecular weight excluding hydrogens is 472 g/mol. The van der Waals surface area contributed by atoms with Crippen molar-refractivity contribution >= 4 is 35.3 Å². The zero-order valence-corrected chi connectivity index (χ0v) is 22.7. The molecule has 0 aliphatic heterocycles. The van der Waals surface area contributed by atoms with Crippen LogP contribution >= 0.6 is 0 Å². The molecule has 0 aliphatic rings. The summed E-state index contributed by atoms with van der Waals surface area (Å²) in [5.74, 6) is -1.80. The van der Waals surface area contributed by atoms with Gasteiger partial charge < -0.3 is 14.2 Å². The Labute approximate surface area is 209 Å². The molecule has 0 radical (unpaired) electrons. The van der Waals surface area contributed by atoms with Crippen LogP contribution in [0.4, 0.5) is 0 Å². The molecule has 0 N–H and O–H groups in total. The number of ketones is 3. The van der Waals surface area contributed by atoms with Gasteiger partial charge in [-0.1, -0.05) is 0 Å². The summed E-state index contributed by atoms with van der Waals surface area (Å²) in [6, 6.07) is 0. The van der Waals surface area contributed by atoms with E-state index in [0.29, 0.717) is 25.9 Å². The molecule has 0 spiro atoms. The normalized spacial score (nSPS) is 9.67. The van der Waals surface area contributed by atoms with E-state index in [-0.39, 0.29) is 36.6 Å². The fourth-order valence-electron chi connectivity index (χ4n) is 1.33. The van der Waals surface area contributed by atoms with Gasteiger partial charge in [-0.3, -0.25) is 28.8 Å². The molecule has 33 heavy (non-hydrogen) atoms. The summed E-state index contributed by atoms with van der Waals surface area (Å²) in [6.07, 6.45) is 1.23. The summed E-state index contributed by atoms with van der Waals surface area (Å²) in [7, 11) is 0. The third-order valence-electron chi connectivity index (χ3n) is 2.87. The van der Waals surface area contributed by atoms with E-state index < -0.39 is 17.9 Å². The summed E-state index contributed by atoms with van der Waals surface area (Å²) in [5, 5.41) is 0. The van der Waals surface area contributed by atoms with Gasteiger partial charge in [0.25, 0.3) is 0 Å². The predicted molar refractivity (Wildman–Crippen MR) is 117 cm³/mol. The summed E-state index contributed by atoms with van der Waals surface area (Å²) < 4.78 is 18.4. The molecule has 0 fully saturated rings. The van der Waals surface area contributed by atoms with Crippen molar-refractivity contribution in [3.8, 4) is 0 Å². The maximum atomic E-state index is 10.4. The first kappa shape index (κ1) is 38.4. The number of Topliss-reactive ketones (excluding diaryl/α,β-unsaturated/α-hetero) is 3. The average molecular weight is 511 g/mol. The number of hydrogen-bond donors (Lipinski definition) is 0. The molecule has 0 amide bonds. The van der Waals surface area contributed by atoms with Gasteiger partial charge in [0.2, 0.25) is 0 Å². The molecule has 0 aromatic rings. The molecule has 0 aromatic carbocycles. The Bertz CT molecular complexity index is 500. The first-order chi connectivity index (χ1) is 15.3. The van der Waals surface area contributed by atoms with Crippen LogP contribution in [0.15, 0.2) is 0 Å². The maximum Gasteiger partial charge on any atom is 0.313 e. The third kappa shape index (κ3) is 44.5. The minimum atomic E-state index is -0.440. The molecule has 0 saturated carbocycles. The number of ether oxygens (including phenoxy) is 3. The van der Waals surface area contributed by atoms with Crippen LogP contribution < -0.4 is 0 Å². The van der Waals surface area contributed by atoms with Gasteiger partial charge in [-0.15, -0.1) is 0 Å². The summed E-state index contributed by atoms with van der Waals surface area (Å²) in [4.78, 5) is 61.9. The number of esters is 3. The first-order valence-corrected chi connectivity index (χ1v) is 11.2. The van der Waals surface area contributed by atoms with Gasteiger partial charge in [0.1, 0.15) is 36.6 Å². The van der Waals surface area contributed by atoms with Crippen LogP contribution in [0.2, 0.25) is 0 Å². The topological polar surface area (TPSA) is 139 Å². The van der Waals surface area contributed by atoms with Crippen molar-refractivity contribution in [2.45, 2.75) is 87.2 Å². The molecule has 10 nitrogen and oxygen atoms in total. The second-order valence-corrected chi connectivity index (χ2v) is 6.76. The number of carbonyl (C=O) groups excluding carboxylic acids is 6. The van der Waals surface area contributed by atoms with Gasteiger partial charge >= 0.3 is 68.4 Å². The molecule has 0 aliphatic carbocycles. The van der Waals surface area contributed by atoms with Gasteiger partial charge in [-0.2, -0.15) is 0 Å². The van der Waals surface area contributed by atoms with Crippen LogP contribution in [0.1, 0.15) is 81.1 Å². The maximum absolute atomic E-state index is 10.4. The van der Waals surface area contributed by atoms with E-state index in [1.165, 1.54) is 20.8 Å². The Morgan fingerprint density at radius 2 is 0.848 bits per heavy atom. The van der Waals surface area contributed by atoms with E-state index in [0.717, 1.165) is 6.42 Å². The minimum Gasteiger partial charge on any atom is -0.466 e. The Morgan fingerprint density at radius 3 is 0.939 bits per heavy atom. The Hall–Kier alpha value is -1.91. The van der Waals surface area contributed by atoms with Crippen molar-refractivity contribution in [1.29, 1.82) is 0 Å². The van der Waals surface area contributed by atoms with Crippen LogP contribution in [-0.2, 0) is 67.1 Å². The van der Waals surface area contributed by atoms with Gasteiger partial charge in [0, 0.05) is 0 Å². The average Bonchev–Trinajstić information content (AvgIpc) is 2.67. The Balaban J connectivity index is -0.000000172. The molecule has 1 atom stereocenters. The second kappa shape index (κ2) is 28.1. The van der Waals surface area contributed by atoms with E-state index >= 15 is 0 Å². The van der Waals surface area contributed by atoms with Crippen molar-refractivity contribution in [3.05, 3.63) is 0 Å². The van der Waals surface area contributed by atoms with Crippen molar-refractivity contribution in [2.75, 3.05) is 19.8 Å². The molecule has 0 bridgehead atoms. The van der Waals surface area contributed by atoms with Crippen molar-refractivity contribution < 1.29 is 67.1 Å². The standard InChI is InChI=1S/3C6H10O3.C4H9O.Ti/c3*1-3-9-6(8)4-5(2)7;1-3-4(2)5;/h3*3-4H2,1-2H3;4H,3H2,1-2H3;/q;;;-1;+1. The van der Waals surface area contributed by atoms with E-state index in [1.54, 1.807) is 41.6 Å². The molecule has 0 saturated heterocycles. The van der Waals surface area contributed by atoms with Crippen LogP contribution in [-0.4, -0.2) is 61.2 Å². The van der Waals surface area contributed by atoms with Gasteiger partial charge in [0.15, 0.2) is 0 Å². The van der Waals surface area contributed by atoms with Crippen molar-refractivity contribution in [2.24, 2.45) is 0 Å². The van der Waals surface area contributed by atoms with Crippen LogP contribution in [0, 0.1) is 0 Å². The van der Waals surface area contributed by atoms with E-state index in [2.05, 4.69) is 28.1 Å². The quantitative estimate of drug-likeness (QED) is 0.176. The second-order valence-electron chi connectivity index (χ2n) is 6.39. The van der Waals surface area contributed by atoms with Gasteiger partial charge in [0.05, 0.1) is 19.8 Å². The van der Waals surface area contributed by atoms with Gasteiger partial charge in [-0.25, -0.2) is 0 Å². The molecule has 0 heterocycles. The van der Waals surface area contributed by atoms with E-state index in [1.807, 2.05) is 0 Å². The minimum absolute atomic E-state index is 0.103. The zero-order chi connectivity index (χ0) is 26.8. The van der Waals surface area contributed by atoms with Crippen LogP contribution in [0.25, 0.3) is 0 Å². The smallest absolute Gasteiger partial charge is 0.313 e. The monoisotopic (exact) mass is 511 g/mol. The van der Waals surface area contributed by atoms with Gasteiger partial charge in [-0.05, 0) is 41.5 Å². The van der Waals surface area contributed by atoms with Crippen LogP contribution in [0.5, 0.6) is 0 Å². The number of hydrogen-bond acceptors (Lipinski definition) is 10. The Morgan fingerprint density at radius 1 is 0.606 bits per heavy atom. The fourth-order valence-corrected chi connectivity index (χ4v) is 1.59. The van der Waals surface area contributed by atoms with Crippen molar-refractivity contribution in [1.82, 2.24) is 0 Å². The van der Waals surface area contributed by atoms with E-state index in [4.69, 9.17) is 3.32 Å². The fraction of sp³-hybridized carbons (Fsp3) is 0.727. The largest absolute Gasteiger partial charge is 0.466 e. The Kier molecular flexibility index (Phi) is 32.7. The van der Waals surface area contributed by atoms with E-state index in [9.17, 15) is 28.8 Å². The van der Waals surface area contributed by atoms with Crippen LogP contribution in [0.3, 0.4) is 0 Å². The molecule has 0 aromatic heterocycles. The first-order valence-electron chi connectivity index (χ1n) is 10.6. The summed E-state index contributed by atoms with van der Waals surface area (Å²) >= 11 is 1.73. The molecule has 1 unspecified atom stereocenters. The summed E-state index contributed by atoms with van der Waals surface area (Å²) in [5.41, 5.74) is 0. The number of rotatable bonds is 11. The zero-order valence-electron chi connectivity index (χ0n) is 21.1. The molecule has 191 valence electrons. The summed E-state index contributed by atoms with van der Waals surface area (Å²) in [6.45, 7) is 14.4. The number of carbonyl (C=O) groups is 6. The molecular formula is C22H39O10Ti. The molecule has 11 heteroatoms. The predicted octanol–water partition coefficient (Wildman–Crippen LogP) is 2.85. The third-order valence-corrected chi connectivity index (χ3v) is 3.50. The SMILES string of the molecule is CCC(C)[O][Ti].CCOC(=O)CC(C)=O.CCOC(=O)CC(C)=O.CCOC(=O)CC(C)=O. The van der Waals surface area contributed by atoms with Crippen molar-refractivity contribution in [3.63, 3.8) is 0 Å². The molecule has 0 rings (SSSR count).